The second kappa shape index (κ2) is 8.21. The Bertz CT molecular complexity index is 191. The minimum absolute atomic E-state index is 0.0670. The SMILES string of the molecule is CCO[Si](C)(CCCCOC1CCO1)OCC. The van der Waals surface area contributed by atoms with E-state index in [2.05, 4.69) is 6.55 Å². The summed E-state index contributed by atoms with van der Waals surface area (Å²) in [6, 6.07) is 1.05. The van der Waals surface area contributed by atoms with E-state index in [-0.39, 0.29) is 6.29 Å². The third-order valence-electron chi connectivity index (χ3n) is 2.89. The Balaban J connectivity index is 2.04. The minimum Gasteiger partial charge on any atom is -0.395 e. The molecular formula is C12H26O4Si. The number of rotatable bonds is 10. The number of hydrogen-bond acceptors (Lipinski definition) is 4. The van der Waals surface area contributed by atoms with Crippen molar-refractivity contribution in [3.05, 3.63) is 0 Å². The Hall–Kier alpha value is 0.0569. The standard InChI is InChI=1S/C12H26O4Si/c1-4-15-17(3,16-5-2)11-7-6-9-13-12-8-10-14-12/h12H,4-11H2,1-3H3. The van der Waals surface area contributed by atoms with Gasteiger partial charge in [-0.1, -0.05) is 0 Å². The van der Waals surface area contributed by atoms with E-state index in [0.29, 0.717) is 0 Å². The Labute approximate surface area is 106 Å². The Morgan fingerprint density at radius 1 is 1.18 bits per heavy atom. The average Bonchev–Trinajstić information content (AvgIpc) is 2.21. The van der Waals surface area contributed by atoms with Crippen LogP contribution in [0.4, 0.5) is 0 Å². The molecule has 0 radical (unpaired) electrons. The van der Waals surface area contributed by atoms with Gasteiger partial charge in [-0.3, -0.25) is 0 Å². The van der Waals surface area contributed by atoms with Crippen molar-refractivity contribution in [2.45, 2.75) is 52.0 Å². The first-order valence-electron chi connectivity index (χ1n) is 6.71. The summed E-state index contributed by atoms with van der Waals surface area (Å²) in [6.45, 7) is 9.33. The molecule has 0 bridgehead atoms. The van der Waals surface area contributed by atoms with Gasteiger partial charge < -0.3 is 18.3 Å². The lowest BCUT2D eigenvalue weighted by atomic mass is 10.3. The minimum atomic E-state index is -1.91. The van der Waals surface area contributed by atoms with Crippen molar-refractivity contribution in [2.75, 3.05) is 26.4 Å². The maximum atomic E-state index is 5.78. The maximum absolute atomic E-state index is 5.78. The van der Waals surface area contributed by atoms with Crippen LogP contribution in [0.15, 0.2) is 0 Å². The molecule has 4 nitrogen and oxygen atoms in total. The fraction of sp³-hybridized carbons (Fsp3) is 1.00. The fourth-order valence-corrected chi connectivity index (χ4v) is 4.39. The van der Waals surface area contributed by atoms with E-state index in [9.17, 15) is 0 Å². The first-order chi connectivity index (χ1) is 8.20. The van der Waals surface area contributed by atoms with Crippen LogP contribution < -0.4 is 0 Å². The number of hydrogen-bond donors (Lipinski definition) is 0. The molecule has 1 heterocycles. The van der Waals surface area contributed by atoms with E-state index >= 15 is 0 Å². The van der Waals surface area contributed by atoms with Crippen LogP contribution in [0.3, 0.4) is 0 Å². The summed E-state index contributed by atoms with van der Waals surface area (Å²) in [5.74, 6) is 0. The second-order valence-electron chi connectivity index (χ2n) is 4.42. The summed E-state index contributed by atoms with van der Waals surface area (Å²) < 4.78 is 22.3. The zero-order chi connectivity index (χ0) is 12.6. The van der Waals surface area contributed by atoms with Gasteiger partial charge in [0, 0.05) is 26.2 Å². The molecule has 1 rings (SSSR count). The Morgan fingerprint density at radius 2 is 1.82 bits per heavy atom. The van der Waals surface area contributed by atoms with E-state index in [1.807, 2.05) is 13.8 Å². The van der Waals surface area contributed by atoms with Crippen LogP contribution in [0, 0.1) is 0 Å². The smallest absolute Gasteiger partial charge is 0.334 e. The van der Waals surface area contributed by atoms with Crippen LogP contribution in [-0.4, -0.2) is 41.3 Å². The van der Waals surface area contributed by atoms with Crippen molar-refractivity contribution >= 4 is 8.56 Å². The maximum Gasteiger partial charge on any atom is 0.334 e. The van der Waals surface area contributed by atoms with Gasteiger partial charge in [0.2, 0.25) is 0 Å². The molecule has 0 aromatic carbocycles. The molecule has 0 saturated carbocycles. The largest absolute Gasteiger partial charge is 0.395 e. The first kappa shape index (κ1) is 15.1. The van der Waals surface area contributed by atoms with Crippen LogP contribution in [0.5, 0.6) is 0 Å². The van der Waals surface area contributed by atoms with E-state index in [4.69, 9.17) is 18.3 Å². The van der Waals surface area contributed by atoms with Gasteiger partial charge in [0.1, 0.15) is 0 Å². The molecule has 1 unspecified atom stereocenters. The van der Waals surface area contributed by atoms with Gasteiger partial charge in [-0.25, -0.2) is 0 Å². The van der Waals surface area contributed by atoms with Crippen molar-refractivity contribution in [3.8, 4) is 0 Å². The lowest BCUT2D eigenvalue weighted by molar-refractivity contribution is -0.214. The van der Waals surface area contributed by atoms with Gasteiger partial charge in [0.05, 0.1) is 6.61 Å². The predicted molar refractivity (Wildman–Crippen MR) is 69.2 cm³/mol. The molecule has 0 aromatic heterocycles. The zero-order valence-electron chi connectivity index (χ0n) is 11.4. The molecule has 0 aliphatic carbocycles. The Morgan fingerprint density at radius 3 is 2.29 bits per heavy atom. The molecule has 0 amide bonds. The quantitative estimate of drug-likeness (QED) is 0.448. The second-order valence-corrected chi connectivity index (χ2v) is 7.76. The van der Waals surface area contributed by atoms with Crippen LogP contribution >= 0.6 is 0 Å². The molecule has 0 N–H and O–H groups in total. The molecule has 17 heavy (non-hydrogen) atoms. The summed E-state index contributed by atoms with van der Waals surface area (Å²) in [5, 5.41) is 0. The van der Waals surface area contributed by atoms with Crippen molar-refractivity contribution in [1.82, 2.24) is 0 Å². The molecule has 1 fully saturated rings. The Kier molecular flexibility index (Phi) is 7.30. The van der Waals surface area contributed by atoms with E-state index < -0.39 is 8.56 Å². The molecular weight excluding hydrogens is 236 g/mol. The zero-order valence-corrected chi connectivity index (χ0v) is 12.4. The van der Waals surface area contributed by atoms with Crippen LogP contribution in [-0.2, 0) is 18.3 Å². The highest BCUT2D eigenvalue weighted by molar-refractivity contribution is 6.66. The fourth-order valence-electron chi connectivity index (χ4n) is 1.91. The van der Waals surface area contributed by atoms with Gasteiger partial charge >= 0.3 is 8.56 Å². The lowest BCUT2D eigenvalue weighted by Gasteiger charge is -2.27. The predicted octanol–water partition coefficient (Wildman–Crippen LogP) is 2.67. The van der Waals surface area contributed by atoms with Crippen LogP contribution in [0.25, 0.3) is 0 Å². The van der Waals surface area contributed by atoms with Gasteiger partial charge in [-0.2, -0.15) is 0 Å². The van der Waals surface area contributed by atoms with Gasteiger partial charge in [-0.05, 0) is 39.3 Å². The number of unbranched alkanes of at least 4 members (excludes halogenated alkanes) is 1. The summed E-state index contributed by atoms with van der Waals surface area (Å²) in [7, 11) is -1.91. The summed E-state index contributed by atoms with van der Waals surface area (Å²) in [5.41, 5.74) is 0. The highest BCUT2D eigenvalue weighted by Gasteiger charge is 2.29. The van der Waals surface area contributed by atoms with E-state index in [1.165, 1.54) is 0 Å². The van der Waals surface area contributed by atoms with Crippen LogP contribution in [0.1, 0.15) is 33.1 Å². The molecule has 1 saturated heterocycles. The van der Waals surface area contributed by atoms with Crippen LogP contribution in [0.2, 0.25) is 12.6 Å². The van der Waals surface area contributed by atoms with Gasteiger partial charge in [0.15, 0.2) is 6.29 Å². The molecule has 1 aliphatic heterocycles. The summed E-state index contributed by atoms with van der Waals surface area (Å²) in [4.78, 5) is 0. The molecule has 1 atom stereocenters. The van der Waals surface area contributed by atoms with Crippen molar-refractivity contribution in [1.29, 1.82) is 0 Å². The molecule has 5 heteroatoms. The molecule has 102 valence electrons. The normalized spacial score (nSPS) is 20.3. The third kappa shape index (κ3) is 5.97. The van der Waals surface area contributed by atoms with Gasteiger partial charge in [-0.15, -0.1) is 0 Å². The van der Waals surface area contributed by atoms with E-state index in [0.717, 1.165) is 51.7 Å². The topological polar surface area (TPSA) is 36.9 Å². The summed E-state index contributed by atoms with van der Waals surface area (Å²) in [6.07, 6.45) is 3.28. The molecule has 0 aromatic rings. The average molecular weight is 262 g/mol. The van der Waals surface area contributed by atoms with E-state index in [1.54, 1.807) is 0 Å². The number of ether oxygens (including phenoxy) is 2. The van der Waals surface area contributed by atoms with Crippen molar-refractivity contribution in [2.24, 2.45) is 0 Å². The monoisotopic (exact) mass is 262 g/mol. The summed E-state index contributed by atoms with van der Waals surface area (Å²) >= 11 is 0. The van der Waals surface area contributed by atoms with Crippen molar-refractivity contribution < 1.29 is 18.3 Å². The highest BCUT2D eigenvalue weighted by Crippen LogP contribution is 2.18. The third-order valence-corrected chi connectivity index (χ3v) is 5.95. The highest BCUT2D eigenvalue weighted by atomic mass is 28.4. The molecule has 1 aliphatic rings. The first-order valence-corrected chi connectivity index (χ1v) is 9.23. The lowest BCUT2D eigenvalue weighted by Crippen LogP contribution is -2.38. The van der Waals surface area contributed by atoms with Gasteiger partial charge in [0.25, 0.3) is 0 Å². The van der Waals surface area contributed by atoms with Crippen molar-refractivity contribution in [3.63, 3.8) is 0 Å². The molecule has 0 spiro atoms.